The standard InChI is InChI=1S/C13H16N2O3S/c1-10-3-5-12(6-4-10)19(17,18)15-8-7-11(9-15)13(16)14-2/h3-7H,8-9H2,1-2H3,(H,14,16). The van der Waals surface area contributed by atoms with E-state index in [0.717, 1.165) is 5.56 Å². The highest BCUT2D eigenvalue weighted by Crippen LogP contribution is 2.21. The molecule has 0 atom stereocenters. The molecule has 2 rings (SSSR count). The predicted octanol–water partition coefficient (Wildman–Crippen LogP) is 0.672. The number of benzene rings is 1. The summed E-state index contributed by atoms with van der Waals surface area (Å²) < 4.78 is 26.0. The number of hydrogen-bond acceptors (Lipinski definition) is 3. The number of carbonyl (C=O) groups is 1. The van der Waals surface area contributed by atoms with Crippen LogP contribution in [0.2, 0.25) is 0 Å². The minimum absolute atomic E-state index is 0.121. The third kappa shape index (κ3) is 2.69. The molecule has 6 heteroatoms. The fourth-order valence-electron chi connectivity index (χ4n) is 1.90. The van der Waals surface area contributed by atoms with Gasteiger partial charge in [0.25, 0.3) is 0 Å². The van der Waals surface area contributed by atoms with Crippen molar-refractivity contribution in [3.05, 3.63) is 41.5 Å². The molecule has 1 aromatic rings. The first-order valence-electron chi connectivity index (χ1n) is 5.93. The van der Waals surface area contributed by atoms with Crippen molar-refractivity contribution in [2.75, 3.05) is 20.1 Å². The van der Waals surface area contributed by atoms with E-state index in [0.29, 0.717) is 5.57 Å². The summed E-state index contributed by atoms with van der Waals surface area (Å²) in [4.78, 5) is 11.7. The Morgan fingerprint density at radius 3 is 2.47 bits per heavy atom. The van der Waals surface area contributed by atoms with E-state index in [2.05, 4.69) is 5.32 Å². The number of carbonyl (C=O) groups excluding carboxylic acids is 1. The third-order valence-corrected chi connectivity index (χ3v) is 4.89. The highest BCUT2D eigenvalue weighted by molar-refractivity contribution is 7.89. The molecular weight excluding hydrogens is 264 g/mol. The van der Waals surface area contributed by atoms with Gasteiger partial charge in [0.15, 0.2) is 0 Å². The van der Waals surface area contributed by atoms with Crippen molar-refractivity contribution in [3.63, 3.8) is 0 Å². The lowest BCUT2D eigenvalue weighted by atomic mass is 10.2. The summed E-state index contributed by atoms with van der Waals surface area (Å²) in [5, 5.41) is 2.50. The molecule has 0 fully saturated rings. The Morgan fingerprint density at radius 1 is 1.26 bits per heavy atom. The molecule has 0 aromatic heterocycles. The largest absolute Gasteiger partial charge is 0.355 e. The Labute approximate surface area is 113 Å². The number of likely N-dealkylation sites (N-methyl/N-ethyl adjacent to an activating group) is 1. The maximum atomic E-state index is 12.4. The quantitative estimate of drug-likeness (QED) is 0.885. The Hall–Kier alpha value is -1.66. The maximum Gasteiger partial charge on any atom is 0.248 e. The Balaban J connectivity index is 2.20. The summed E-state index contributed by atoms with van der Waals surface area (Å²) in [5.41, 5.74) is 1.49. The monoisotopic (exact) mass is 280 g/mol. The van der Waals surface area contributed by atoms with Gasteiger partial charge in [-0.15, -0.1) is 0 Å². The molecule has 0 spiro atoms. The highest BCUT2D eigenvalue weighted by Gasteiger charge is 2.29. The normalized spacial score (nSPS) is 16.2. The van der Waals surface area contributed by atoms with Crippen molar-refractivity contribution in [1.82, 2.24) is 9.62 Å². The smallest absolute Gasteiger partial charge is 0.248 e. The second kappa shape index (κ2) is 5.14. The van der Waals surface area contributed by atoms with Gasteiger partial charge in [-0.05, 0) is 19.1 Å². The van der Waals surface area contributed by atoms with Crippen LogP contribution in [0.15, 0.2) is 40.8 Å². The molecule has 0 saturated heterocycles. The number of nitrogens with one attached hydrogen (secondary N) is 1. The van der Waals surface area contributed by atoms with Crippen LogP contribution in [0.5, 0.6) is 0 Å². The van der Waals surface area contributed by atoms with Crippen molar-refractivity contribution < 1.29 is 13.2 Å². The van der Waals surface area contributed by atoms with Gasteiger partial charge in [0.2, 0.25) is 15.9 Å². The zero-order chi connectivity index (χ0) is 14.0. The number of hydrogen-bond donors (Lipinski definition) is 1. The van der Waals surface area contributed by atoms with Gasteiger partial charge in [-0.1, -0.05) is 23.8 Å². The average Bonchev–Trinajstić information content (AvgIpc) is 2.88. The minimum atomic E-state index is -3.53. The molecule has 0 unspecified atom stereocenters. The first kappa shape index (κ1) is 13.8. The van der Waals surface area contributed by atoms with Crippen LogP contribution in [0.25, 0.3) is 0 Å². The fourth-order valence-corrected chi connectivity index (χ4v) is 3.26. The number of aryl methyl sites for hydroxylation is 1. The fraction of sp³-hybridized carbons (Fsp3) is 0.308. The molecule has 5 nitrogen and oxygen atoms in total. The van der Waals surface area contributed by atoms with Gasteiger partial charge < -0.3 is 5.32 Å². The van der Waals surface area contributed by atoms with E-state index < -0.39 is 10.0 Å². The molecule has 1 aliphatic rings. The highest BCUT2D eigenvalue weighted by atomic mass is 32.2. The van der Waals surface area contributed by atoms with Gasteiger partial charge in [0.05, 0.1) is 4.90 Å². The molecule has 0 bridgehead atoms. The van der Waals surface area contributed by atoms with E-state index in [9.17, 15) is 13.2 Å². The summed E-state index contributed by atoms with van der Waals surface area (Å²) in [7, 11) is -2.00. The van der Waals surface area contributed by atoms with Crippen LogP contribution < -0.4 is 5.32 Å². The van der Waals surface area contributed by atoms with E-state index in [-0.39, 0.29) is 23.9 Å². The van der Waals surface area contributed by atoms with E-state index in [1.807, 2.05) is 6.92 Å². The van der Waals surface area contributed by atoms with Crippen LogP contribution >= 0.6 is 0 Å². The summed E-state index contributed by atoms with van der Waals surface area (Å²) >= 11 is 0. The van der Waals surface area contributed by atoms with E-state index >= 15 is 0 Å². The Morgan fingerprint density at radius 2 is 1.89 bits per heavy atom. The molecule has 1 amide bonds. The predicted molar refractivity (Wildman–Crippen MR) is 72.1 cm³/mol. The van der Waals surface area contributed by atoms with Gasteiger partial charge >= 0.3 is 0 Å². The van der Waals surface area contributed by atoms with Crippen molar-refractivity contribution in [2.45, 2.75) is 11.8 Å². The SMILES string of the molecule is CNC(=O)C1=CCN(S(=O)(=O)c2ccc(C)cc2)C1. The zero-order valence-corrected chi connectivity index (χ0v) is 11.7. The van der Waals surface area contributed by atoms with E-state index in [1.54, 1.807) is 30.3 Å². The lowest BCUT2D eigenvalue weighted by molar-refractivity contribution is -0.117. The molecule has 1 aliphatic heterocycles. The molecule has 102 valence electrons. The number of nitrogens with zero attached hydrogens (tertiary/aromatic N) is 1. The number of rotatable bonds is 3. The molecular formula is C13H16N2O3S. The minimum Gasteiger partial charge on any atom is -0.355 e. The van der Waals surface area contributed by atoms with Crippen LogP contribution in [-0.4, -0.2) is 38.8 Å². The van der Waals surface area contributed by atoms with Crippen LogP contribution in [-0.2, 0) is 14.8 Å². The second-order valence-electron chi connectivity index (χ2n) is 4.42. The van der Waals surface area contributed by atoms with Gasteiger partial charge in [0.1, 0.15) is 0 Å². The van der Waals surface area contributed by atoms with Crippen LogP contribution in [0.4, 0.5) is 0 Å². The second-order valence-corrected chi connectivity index (χ2v) is 6.36. The summed E-state index contributed by atoms with van der Waals surface area (Å²) in [6, 6.07) is 6.69. The number of sulfonamides is 1. The molecule has 0 saturated carbocycles. The summed E-state index contributed by atoms with van der Waals surface area (Å²) in [6.07, 6.45) is 1.64. The van der Waals surface area contributed by atoms with Gasteiger partial charge in [-0.3, -0.25) is 4.79 Å². The third-order valence-electron chi connectivity index (χ3n) is 3.07. The van der Waals surface area contributed by atoms with E-state index in [1.165, 1.54) is 11.4 Å². The lowest BCUT2D eigenvalue weighted by Gasteiger charge is -2.16. The summed E-state index contributed by atoms with van der Waals surface area (Å²) in [6.45, 7) is 2.26. The first-order valence-corrected chi connectivity index (χ1v) is 7.37. The van der Waals surface area contributed by atoms with Crippen LogP contribution in [0, 0.1) is 6.92 Å². The van der Waals surface area contributed by atoms with E-state index in [4.69, 9.17) is 0 Å². The van der Waals surface area contributed by atoms with Crippen molar-refractivity contribution in [3.8, 4) is 0 Å². The molecule has 1 heterocycles. The zero-order valence-electron chi connectivity index (χ0n) is 10.9. The van der Waals surface area contributed by atoms with Crippen molar-refractivity contribution in [1.29, 1.82) is 0 Å². The average molecular weight is 280 g/mol. The van der Waals surface area contributed by atoms with Gasteiger partial charge in [-0.2, -0.15) is 4.31 Å². The number of amides is 1. The molecule has 1 N–H and O–H groups in total. The van der Waals surface area contributed by atoms with Gasteiger partial charge in [-0.25, -0.2) is 8.42 Å². The Kier molecular flexibility index (Phi) is 3.73. The Bertz CT molecular complexity index is 618. The van der Waals surface area contributed by atoms with Crippen molar-refractivity contribution >= 4 is 15.9 Å². The molecule has 0 radical (unpaired) electrons. The summed E-state index contributed by atoms with van der Waals surface area (Å²) in [5.74, 6) is -0.235. The van der Waals surface area contributed by atoms with Crippen LogP contribution in [0.3, 0.4) is 0 Å². The lowest BCUT2D eigenvalue weighted by Crippen LogP contribution is -2.31. The molecule has 1 aromatic carbocycles. The maximum absolute atomic E-state index is 12.4. The van der Waals surface area contributed by atoms with Crippen molar-refractivity contribution in [2.24, 2.45) is 0 Å². The molecule has 0 aliphatic carbocycles. The first-order chi connectivity index (χ1) is 8.95. The molecule has 19 heavy (non-hydrogen) atoms. The van der Waals surface area contributed by atoms with Gasteiger partial charge in [0, 0.05) is 25.7 Å². The van der Waals surface area contributed by atoms with Crippen LogP contribution in [0.1, 0.15) is 5.56 Å². The topological polar surface area (TPSA) is 66.5 Å².